The molecule has 1 N–H and O–H groups in total. The van der Waals surface area contributed by atoms with Crippen LogP contribution in [-0.4, -0.2) is 81.1 Å². The predicted octanol–water partition coefficient (Wildman–Crippen LogP) is -0.455. The van der Waals surface area contributed by atoms with Gasteiger partial charge >= 0.3 is 23.9 Å². The molecule has 0 unspecified atom stereocenters. The summed E-state index contributed by atoms with van der Waals surface area (Å²) in [6.07, 6.45) is -4.82. The summed E-state index contributed by atoms with van der Waals surface area (Å²) < 4.78 is 28.2. The molecule has 34 heavy (non-hydrogen) atoms. The van der Waals surface area contributed by atoms with Crippen LogP contribution in [0.5, 0.6) is 0 Å². The van der Waals surface area contributed by atoms with Crippen molar-refractivity contribution < 1.29 is 47.7 Å². The molecule has 1 aromatic rings. The first-order valence-corrected chi connectivity index (χ1v) is 11.2. The fraction of sp³-hybridized carbons (Fsp3) is 0.632. The van der Waals surface area contributed by atoms with Gasteiger partial charge in [-0.1, -0.05) is 21.1 Å². The molecule has 0 saturated carbocycles. The highest BCUT2D eigenvalue weighted by Crippen LogP contribution is 2.34. The molecular weight excluding hydrogens is 524 g/mol. The minimum atomic E-state index is -1.33. The standard InChI is InChI=1S/C19H25BrN4O10/c1-9(25)30-8-14-16(31-10(2)26)17(32-11(3)27)18(33-12(4)28)19(34-14)24-7-13(22-23-24)6-21-15(29)5-20/h7,14,16-19H,5-6,8H2,1-4H3,(H,21,29)/t14-,16+,17+,18-,19-/m1/s1. The SMILES string of the molecule is CC(=O)OC[C@H]1O[C@@H](n2cc(CNC(=O)CBr)nn2)[C@H](OC(C)=O)[C@@H](OC(C)=O)[C@H]1OC(C)=O. The first-order valence-electron chi connectivity index (χ1n) is 10.1. The second-order valence-electron chi connectivity index (χ2n) is 7.19. The van der Waals surface area contributed by atoms with Crippen molar-refractivity contribution in [3.8, 4) is 0 Å². The second-order valence-corrected chi connectivity index (χ2v) is 7.75. The molecule has 0 aromatic carbocycles. The average Bonchev–Trinajstić information content (AvgIpc) is 3.21. The monoisotopic (exact) mass is 548 g/mol. The van der Waals surface area contributed by atoms with Crippen LogP contribution in [0.25, 0.3) is 0 Å². The highest BCUT2D eigenvalue weighted by molar-refractivity contribution is 9.09. The first-order chi connectivity index (χ1) is 16.0. The number of amides is 1. The number of aromatic nitrogens is 3. The lowest BCUT2D eigenvalue weighted by molar-refractivity contribution is -0.270. The van der Waals surface area contributed by atoms with Crippen LogP contribution >= 0.6 is 15.9 Å². The maximum atomic E-state index is 11.9. The fourth-order valence-corrected chi connectivity index (χ4v) is 3.37. The first kappa shape index (κ1) is 27.2. The van der Waals surface area contributed by atoms with Gasteiger partial charge in [-0.2, -0.15) is 0 Å². The molecule has 0 aliphatic carbocycles. The lowest BCUT2D eigenvalue weighted by atomic mass is 9.97. The van der Waals surface area contributed by atoms with E-state index in [1.165, 1.54) is 17.8 Å². The zero-order chi connectivity index (χ0) is 25.4. The van der Waals surface area contributed by atoms with Gasteiger partial charge in [0, 0.05) is 27.7 Å². The van der Waals surface area contributed by atoms with Crippen molar-refractivity contribution in [3.63, 3.8) is 0 Å². The van der Waals surface area contributed by atoms with Gasteiger partial charge in [0.15, 0.2) is 24.5 Å². The molecule has 1 aliphatic heterocycles. The number of rotatable bonds is 9. The van der Waals surface area contributed by atoms with E-state index in [1.54, 1.807) is 0 Å². The maximum Gasteiger partial charge on any atom is 0.303 e. The number of carbonyl (C=O) groups is 5. The molecule has 0 spiro atoms. The predicted molar refractivity (Wildman–Crippen MR) is 113 cm³/mol. The van der Waals surface area contributed by atoms with E-state index in [0.29, 0.717) is 5.69 Å². The molecule has 2 heterocycles. The van der Waals surface area contributed by atoms with Gasteiger partial charge in [0.25, 0.3) is 0 Å². The van der Waals surface area contributed by atoms with Crippen molar-refractivity contribution >= 4 is 45.7 Å². The molecule has 1 saturated heterocycles. The third-order valence-electron chi connectivity index (χ3n) is 4.37. The lowest BCUT2D eigenvalue weighted by Gasteiger charge is -2.44. The van der Waals surface area contributed by atoms with Crippen LogP contribution in [0.4, 0.5) is 0 Å². The highest BCUT2D eigenvalue weighted by atomic mass is 79.9. The molecule has 1 fully saturated rings. The van der Waals surface area contributed by atoms with Crippen LogP contribution in [0.3, 0.4) is 0 Å². The van der Waals surface area contributed by atoms with Crippen LogP contribution < -0.4 is 5.32 Å². The molecule has 188 valence electrons. The van der Waals surface area contributed by atoms with E-state index < -0.39 is 54.5 Å². The molecule has 0 bridgehead atoms. The Morgan fingerprint density at radius 3 is 2.12 bits per heavy atom. The van der Waals surface area contributed by atoms with E-state index in [9.17, 15) is 24.0 Å². The highest BCUT2D eigenvalue weighted by Gasteiger charge is 2.53. The number of ether oxygens (including phenoxy) is 5. The van der Waals surface area contributed by atoms with Crippen molar-refractivity contribution in [2.45, 2.75) is 64.9 Å². The maximum absolute atomic E-state index is 11.9. The number of nitrogens with zero attached hydrogens (tertiary/aromatic N) is 3. The van der Waals surface area contributed by atoms with E-state index >= 15 is 0 Å². The zero-order valence-corrected chi connectivity index (χ0v) is 20.5. The Labute approximate surface area is 202 Å². The van der Waals surface area contributed by atoms with Crippen LogP contribution in [0.15, 0.2) is 6.20 Å². The number of nitrogens with one attached hydrogen (secondary N) is 1. The van der Waals surface area contributed by atoms with E-state index in [4.69, 9.17) is 23.7 Å². The largest absolute Gasteiger partial charge is 0.463 e. The molecule has 1 aromatic heterocycles. The molecule has 2 rings (SSSR count). The van der Waals surface area contributed by atoms with Gasteiger partial charge in [0.05, 0.1) is 18.1 Å². The molecule has 5 atom stereocenters. The van der Waals surface area contributed by atoms with Crippen LogP contribution in [0.2, 0.25) is 0 Å². The summed E-state index contributed by atoms with van der Waals surface area (Å²) in [4.78, 5) is 58.4. The Balaban J connectivity index is 2.44. The second kappa shape index (κ2) is 12.4. The normalized spacial score (nSPS) is 24.0. The third kappa shape index (κ3) is 7.76. The Bertz CT molecular complexity index is 923. The number of halogens is 1. The number of hydrogen-bond acceptors (Lipinski definition) is 12. The Morgan fingerprint density at radius 2 is 1.56 bits per heavy atom. The van der Waals surface area contributed by atoms with E-state index in [1.807, 2.05) is 0 Å². The van der Waals surface area contributed by atoms with Crippen molar-refractivity contribution in [1.29, 1.82) is 0 Å². The zero-order valence-electron chi connectivity index (χ0n) is 18.9. The summed E-state index contributed by atoms with van der Waals surface area (Å²) >= 11 is 3.03. The number of alkyl halides is 1. The minimum Gasteiger partial charge on any atom is -0.463 e. The summed E-state index contributed by atoms with van der Waals surface area (Å²) in [6, 6.07) is 0. The Kier molecular flexibility index (Phi) is 9.92. The smallest absolute Gasteiger partial charge is 0.303 e. The Hall–Kier alpha value is -3.07. The van der Waals surface area contributed by atoms with Gasteiger partial charge in [-0.3, -0.25) is 24.0 Å². The van der Waals surface area contributed by atoms with Crippen LogP contribution in [0.1, 0.15) is 39.6 Å². The molecule has 0 radical (unpaired) electrons. The molecule has 15 heteroatoms. The van der Waals surface area contributed by atoms with Gasteiger partial charge < -0.3 is 29.0 Å². The van der Waals surface area contributed by atoms with Gasteiger partial charge in [-0.25, -0.2) is 4.68 Å². The summed E-state index contributed by atoms with van der Waals surface area (Å²) in [5, 5.41) is 10.6. The molecule has 1 amide bonds. The van der Waals surface area contributed by atoms with Crippen LogP contribution in [0, 0.1) is 0 Å². The minimum absolute atomic E-state index is 0.0513. The number of hydrogen-bond donors (Lipinski definition) is 1. The van der Waals surface area contributed by atoms with Gasteiger partial charge in [0.1, 0.15) is 18.4 Å². The summed E-state index contributed by atoms with van der Waals surface area (Å²) in [7, 11) is 0. The molecular formula is C19H25BrN4O10. The van der Waals surface area contributed by atoms with Crippen molar-refractivity contribution in [1.82, 2.24) is 20.3 Å². The molecule has 1 aliphatic rings. The third-order valence-corrected chi connectivity index (χ3v) is 4.88. The molecule has 14 nitrogen and oxygen atoms in total. The van der Waals surface area contributed by atoms with Crippen molar-refractivity contribution in [2.24, 2.45) is 0 Å². The van der Waals surface area contributed by atoms with Crippen molar-refractivity contribution in [3.05, 3.63) is 11.9 Å². The summed E-state index contributed by atoms with van der Waals surface area (Å²) in [5.74, 6) is -3.12. The lowest BCUT2D eigenvalue weighted by Crippen LogP contribution is -2.60. The van der Waals surface area contributed by atoms with Crippen molar-refractivity contribution in [2.75, 3.05) is 11.9 Å². The van der Waals surface area contributed by atoms with Gasteiger partial charge in [-0.15, -0.1) is 5.10 Å². The topological polar surface area (TPSA) is 174 Å². The fourth-order valence-electron chi connectivity index (χ4n) is 3.17. The van der Waals surface area contributed by atoms with E-state index in [0.717, 1.165) is 20.8 Å². The van der Waals surface area contributed by atoms with Crippen LogP contribution in [-0.2, 0) is 54.2 Å². The average molecular weight is 549 g/mol. The van der Waals surface area contributed by atoms with E-state index in [-0.39, 0.29) is 24.4 Å². The number of carbonyl (C=O) groups excluding carboxylic acids is 5. The number of esters is 4. The quantitative estimate of drug-likeness (QED) is 0.239. The summed E-state index contributed by atoms with van der Waals surface area (Å²) in [6.45, 7) is 4.26. The summed E-state index contributed by atoms with van der Waals surface area (Å²) in [5.41, 5.74) is 0.349. The Morgan fingerprint density at radius 1 is 0.971 bits per heavy atom. The van der Waals surface area contributed by atoms with Gasteiger partial charge in [0.2, 0.25) is 5.91 Å². The van der Waals surface area contributed by atoms with Gasteiger partial charge in [-0.05, 0) is 0 Å². The van der Waals surface area contributed by atoms with E-state index in [2.05, 4.69) is 31.6 Å².